The van der Waals surface area contributed by atoms with Crippen molar-refractivity contribution in [1.29, 1.82) is 0 Å². The Morgan fingerprint density at radius 1 is 1.03 bits per heavy atom. The highest BCUT2D eigenvalue weighted by molar-refractivity contribution is 7.98. The van der Waals surface area contributed by atoms with Crippen LogP contribution in [0, 0.1) is 0 Å². The van der Waals surface area contributed by atoms with E-state index in [9.17, 15) is 29.1 Å². The number of rotatable bonds is 18. The van der Waals surface area contributed by atoms with E-state index in [0.29, 0.717) is 30.8 Å². The average molecular weight is 529 g/mol. The molecule has 0 aliphatic carbocycles. The van der Waals surface area contributed by atoms with Gasteiger partial charge >= 0.3 is 5.97 Å². The van der Waals surface area contributed by atoms with E-state index in [2.05, 4.69) is 25.9 Å². The largest absolute Gasteiger partial charge is 0.480 e. The maximum Gasteiger partial charge on any atom is 0.326 e. The lowest BCUT2D eigenvalue weighted by atomic mass is 10.1. The van der Waals surface area contributed by atoms with Crippen molar-refractivity contribution >= 4 is 41.4 Å². The van der Waals surface area contributed by atoms with E-state index in [1.807, 2.05) is 6.26 Å². The van der Waals surface area contributed by atoms with Crippen molar-refractivity contribution in [1.82, 2.24) is 25.9 Å². The molecule has 4 atom stereocenters. The minimum absolute atomic E-state index is 0.167. The topological polar surface area (TPSA) is 248 Å². The molecular weight excluding hydrogens is 492 g/mol. The Balaban J connectivity index is 2.93. The lowest BCUT2D eigenvalue weighted by Gasteiger charge is -2.25. The van der Waals surface area contributed by atoms with Crippen LogP contribution in [0.25, 0.3) is 0 Å². The summed E-state index contributed by atoms with van der Waals surface area (Å²) in [5.74, 6) is -3.77. The third-order valence-corrected chi connectivity index (χ3v) is 5.82. The Kier molecular flexibility index (Phi) is 14.1. The zero-order valence-corrected chi connectivity index (χ0v) is 21.0. The van der Waals surface area contributed by atoms with Crippen LogP contribution in [0.3, 0.4) is 0 Å². The molecule has 0 radical (unpaired) electrons. The Hall–Kier alpha value is -3.17. The number of unbranched alkanes of at least 4 members (excludes halogenated alkanes) is 1. The Bertz CT molecular complexity index is 869. The minimum Gasteiger partial charge on any atom is -0.480 e. The standard InChI is InChI=1S/C21H36N8O6S/c1-36-7-5-15(27-18(31)13(23)8-12-10-25-11-26-12)20(33)28-14(4-2-3-6-22)19(32)29-16(21(34)35)9-17(24)30/h10-11,13-16H,2-9,22-23H2,1H3,(H2,24,30)(H,25,26)(H,27,31)(H,28,33)(H,29,32)(H,34,35). The molecule has 4 amide bonds. The van der Waals surface area contributed by atoms with Crippen LogP contribution in [0.1, 0.15) is 37.8 Å². The van der Waals surface area contributed by atoms with Crippen LogP contribution in [0.4, 0.5) is 0 Å². The summed E-state index contributed by atoms with van der Waals surface area (Å²) >= 11 is 1.47. The van der Waals surface area contributed by atoms with Gasteiger partial charge in [0.05, 0.1) is 18.8 Å². The summed E-state index contributed by atoms with van der Waals surface area (Å²) in [5.41, 5.74) is 17.2. The summed E-state index contributed by atoms with van der Waals surface area (Å²) < 4.78 is 0. The van der Waals surface area contributed by atoms with Crippen LogP contribution in [0.2, 0.25) is 0 Å². The van der Waals surface area contributed by atoms with Gasteiger partial charge in [-0.25, -0.2) is 9.78 Å². The molecular formula is C21H36N8O6S. The Morgan fingerprint density at radius 2 is 1.64 bits per heavy atom. The lowest BCUT2D eigenvalue weighted by molar-refractivity contribution is -0.143. The van der Waals surface area contributed by atoms with E-state index in [4.69, 9.17) is 17.2 Å². The van der Waals surface area contributed by atoms with Gasteiger partial charge in [0.15, 0.2) is 0 Å². The first-order chi connectivity index (χ1) is 17.1. The molecule has 1 aromatic heterocycles. The van der Waals surface area contributed by atoms with Crippen molar-refractivity contribution in [2.75, 3.05) is 18.6 Å². The van der Waals surface area contributed by atoms with Crippen molar-refractivity contribution in [3.05, 3.63) is 18.2 Å². The normalized spacial score (nSPS) is 14.2. The van der Waals surface area contributed by atoms with Gasteiger partial charge in [-0.15, -0.1) is 0 Å². The first-order valence-electron chi connectivity index (χ1n) is 11.4. The summed E-state index contributed by atoms with van der Waals surface area (Å²) in [5, 5.41) is 16.7. The summed E-state index contributed by atoms with van der Waals surface area (Å²) in [6, 6.07) is -4.59. The second kappa shape index (κ2) is 16.5. The number of nitrogens with two attached hydrogens (primary N) is 3. The molecule has 36 heavy (non-hydrogen) atoms. The number of hydrogen-bond donors (Lipinski definition) is 8. The number of carbonyl (C=O) groups is 5. The maximum absolute atomic E-state index is 13.1. The number of H-pyrrole nitrogens is 1. The number of aliphatic carboxylic acids is 1. The molecule has 1 rings (SSSR count). The van der Waals surface area contributed by atoms with Crippen LogP contribution in [-0.4, -0.2) is 87.4 Å². The number of thioether (sulfide) groups is 1. The van der Waals surface area contributed by atoms with Crippen molar-refractivity contribution in [2.45, 2.75) is 62.7 Å². The molecule has 14 nitrogen and oxygen atoms in total. The van der Waals surface area contributed by atoms with E-state index in [0.717, 1.165) is 0 Å². The molecule has 11 N–H and O–H groups in total. The van der Waals surface area contributed by atoms with Crippen LogP contribution >= 0.6 is 11.8 Å². The summed E-state index contributed by atoms with van der Waals surface area (Å²) in [6.07, 6.45) is 5.90. The van der Waals surface area contributed by atoms with E-state index in [1.165, 1.54) is 24.3 Å². The van der Waals surface area contributed by atoms with Gasteiger partial charge in [0.1, 0.15) is 18.1 Å². The van der Waals surface area contributed by atoms with Crippen molar-refractivity contribution < 1.29 is 29.1 Å². The predicted molar refractivity (Wildman–Crippen MR) is 133 cm³/mol. The third kappa shape index (κ3) is 11.5. The second-order valence-electron chi connectivity index (χ2n) is 8.15. The fourth-order valence-electron chi connectivity index (χ4n) is 3.22. The molecule has 0 aliphatic heterocycles. The Morgan fingerprint density at radius 3 is 2.17 bits per heavy atom. The predicted octanol–water partition coefficient (Wildman–Crippen LogP) is -2.42. The smallest absolute Gasteiger partial charge is 0.326 e. The van der Waals surface area contributed by atoms with Gasteiger partial charge < -0.3 is 43.2 Å². The number of aromatic nitrogens is 2. The highest BCUT2D eigenvalue weighted by atomic mass is 32.2. The molecule has 0 bridgehead atoms. The fraction of sp³-hybridized carbons (Fsp3) is 0.619. The van der Waals surface area contributed by atoms with Gasteiger partial charge in [-0.05, 0) is 44.2 Å². The summed E-state index contributed by atoms with van der Waals surface area (Å²) in [4.78, 5) is 67.8. The maximum atomic E-state index is 13.1. The van der Waals surface area contributed by atoms with Gasteiger partial charge in [0.2, 0.25) is 23.6 Å². The number of aromatic amines is 1. The van der Waals surface area contributed by atoms with Crippen molar-refractivity contribution in [3.8, 4) is 0 Å². The lowest BCUT2D eigenvalue weighted by Crippen LogP contribution is -2.57. The quantitative estimate of drug-likeness (QED) is 0.0936. The number of imidazole rings is 1. The molecule has 0 fully saturated rings. The van der Waals surface area contributed by atoms with Crippen LogP contribution in [0.5, 0.6) is 0 Å². The molecule has 15 heteroatoms. The molecule has 4 unspecified atom stereocenters. The molecule has 0 aliphatic rings. The highest BCUT2D eigenvalue weighted by Crippen LogP contribution is 2.07. The van der Waals surface area contributed by atoms with Gasteiger partial charge in [-0.2, -0.15) is 11.8 Å². The number of nitrogens with one attached hydrogen (secondary N) is 4. The van der Waals surface area contributed by atoms with Crippen LogP contribution < -0.4 is 33.2 Å². The summed E-state index contributed by atoms with van der Waals surface area (Å²) in [6.45, 7) is 0.363. The number of amides is 4. The van der Waals surface area contributed by atoms with Crippen molar-refractivity contribution in [3.63, 3.8) is 0 Å². The average Bonchev–Trinajstić information content (AvgIpc) is 3.33. The fourth-order valence-corrected chi connectivity index (χ4v) is 3.69. The number of nitrogens with zero attached hydrogens (tertiary/aromatic N) is 1. The molecule has 1 heterocycles. The summed E-state index contributed by atoms with van der Waals surface area (Å²) in [7, 11) is 0. The first-order valence-corrected chi connectivity index (χ1v) is 12.8. The molecule has 0 aromatic carbocycles. The second-order valence-corrected chi connectivity index (χ2v) is 9.13. The van der Waals surface area contributed by atoms with Crippen molar-refractivity contribution in [2.24, 2.45) is 17.2 Å². The first kappa shape index (κ1) is 30.9. The van der Waals surface area contributed by atoms with E-state index in [1.54, 1.807) is 0 Å². The number of hydrogen-bond acceptors (Lipinski definition) is 9. The van der Waals surface area contributed by atoms with Crippen LogP contribution in [0.15, 0.2) is 12.5 Å². The number of carbonyl (C=O) groups excluding carboxylic acids is 4. The SMILES string of the molecule is CSCCC(NC(=O)C(N)Cc1cnc[nH]1)C(=O)NC(CCCCN)C(=O)NC(CC(N)=O)C(=O)O. The van der Waals surface area contributed by atoms with E-state index >= 15 is 0 Å². The molecule has 1 aromatic rings. The van der Waals surface area contributed by atoms with Crippen LogP contribution in [-0.2, 0) is 30.4 Å². The molecule has 0 saturated carbocycles. The number of carboxylic acid groups (broad SMARTS) is 1. The highest BCUT2D eigenvalue weighted by Gasteiger charge is 2.30. The number of primary amides is 1. The molecule has 0 spiro atoms. The van der Waals surface area contributed by atoms with Gasteiger partial charge in [0.25, 0.3) is 0 Å². The Labute approximate surface area is 213 Å². The van der Waals surface area contributed by atoms with Gasteiger partial charge in [-0.1, -0.05) is 0 Å². The van der Waals surface area contributed by atoms with Gasteiger partial charge in [-0.3, -0.25) is 19.2 Å². The van der Waals surface area contributed by atoms with E-state index in [-0.39, 0.29) is 19.3 Å². The van der Waals surface area contributed by atoms with E-state index < -0.39 is 60.2 Å². The number of carboxylic acids is 1. The third-order valence-electron chi connectivity index (χ3n) is 5.17. The zero-order chi connectivity index (χ0) is 27.1. The van der Waals surface area contributed by atoms with Gasteiger partial charge in [0, 0.05) is 18.3 Å². The minimum atomic E-state index is -1.55. The zero-order valence-electron chi connectivity index (χ0n) is 20.2. The monoisotopic (exact) mass is 528 g/mol. The molecule has 0 saturated heterocycles. The molecule has 202 valence electrons.